The van der Waals surface area contributed by atoms with Crippen LogP contribution in [0.2, 0.25) is 5.02 Å². The zero-order chi connectivity index (χ0) is 41.0. The van der Waals surface area contributed by atoms with E-state index in [4.69, 9.17) is 25.8 Å². The van der Waals surface area contributed by atoms with E-state index in [2.05, 4.69) is 41.5 Å². The van der Waals surface area contributed by atoms with Crippen molar-refractivity contribution in [2.45, 2.75) is 122 Å². The lowest BCUT2D eigenvalue weighted by atomic mass is 9.51. The van der Waals surface area contributed by atoms with Crippen LogP contribution in [0.5, 0.6) is 0 Å². The highest BCUT2D eigenvalue weighted by atomic mass is 35.5. The predicted molar refractivity (Wildman–Crippen MR) is 211 cm³/mol. The van der Waals surface area contributed by atoms with E-state index in [1.165, 1.54) is 0 Å². The summed E-state index contributed by atoms with van der Waals surface area (Å²) < 4.78 is 19.3. The summed E-state index contributed by atoms with van der Waals surface area (Å²) in [6.07, 6.45) is 14.1. The van der Waals surface area contributed by atoms with Gasteiger partial charge in [0.2, 0.25) is 5.78 Å². The lowest BCUT2D eigenvalue weighted by Crippen LogP contribution is -2.58. The number of halogens is 1. The van der Waals surface area contributed by atoms with E-state index in [1.807, 2.05) is 26.8 Å². The molecule has 2 bridgehead atoms. The monoisotopic (exact) mass is 806 g/mol. The highest BCUT2D eigenvalue weighted by molar-refractivity contribution is 6.33. The first-order chi connectivity index (χ1) is 27.2. The molecule has 1 spiro atoms. The second-order valence-electron chi connectivity index (χ2n) is 17.0. The maximum Gasteiger partial charge on any atom is 0.346 e. The Labute approximate surface area is 338 Å². The molecule has 1 aromatic rings. The van der Waals surface area contributed by atoms with Gasteiger partial charge < -0.3 is 39.8 Å². The number of esters is 1. The smallest absolute Gasteiger partial charge is 0.346 e. The van der Waals surface area contributed by atoms with Crippen molar-refractivity contribution in [1.82, 2.24) is 10.3 Å². The maximum atomic E-state index is 14.9. The number of ketones is 1. The van der Waals surface area contributed by atoms with Gasteiger partial charge in [-0.05, 0) is 82.1 Å². The van der Waals surface area contributed by atoms with Crippen molar-refractivity contribution in [3.63, 3.8) is 0 Å². The van der Waals surface area contributed by atoms with Crippen molar-refractivity contribution in [2.75, 3.05) is 0 Å². The minimum atomic E-state index is -1.68. The molecule has 0 radical (unpaired) electrons. The van der Waals surface area contributed by atoms with Crippen molar-refractivity contribution in [2.24, 2.45) is 40.9 Å². The van der Waals surface area contributed by atoms with E-state index in [0.717, 1.165) is 12.0 Å². The molecule has 2 aliphatic heterocycles. The summed E-state index contributed by atoms with van der Waals surface area (Å²) in [6.45, 7) is 9.64. The predicted octanol–water partition coefficient (Wildman–Crippen LogP) is 6.92. The van der Waals surface area contributed by atoms with Crippen molar-refractivity contribution >= 4 is 35.2 Å². The number of carbonyl (C=O) groups is 4. The van der Waals surface area contributed by atoms with Gasteiger partial charge >= 0.3 is 11.9 Å². The summed E-state index contributed by atoms with van der Waals surface area (Å²) in [5, 5.41) is 37.3. The average molecular weight is 807 g/mol. The second-order valence-corrected chi connectivity index (χ2v) is 17.4. The Morgan fingerprint density at radius 3 is 2.56 bits per heavy atom. The quantitative estimate of drug-likeness (QED) is 0.110. The van der Waals surface area contributed by atoms with E-state index in [1.54, 1.807) is 25.3 Å². The minimum absolute atomic E-state index is 0.00508. The Bertz CT molecular complexity index is 1930. The van der Waals surface area contributed by atoms with Gasteiger partial charge in [0.1, 0.15) is 17.0 Å². The molecule has 9 unspecified atom stereocenters. The molecule has 4 aliphatic carbocycles. The first-order valence-electron chi connectivity index (χ1n) is 20.5. The Kier molecular flexibility index (Phi) is 11.6. The number of aliphatic hydroxyl groups excluding tert-OH is 2. The zero-order valence-electron chi connectivity index (χ0n) is 33.2. The van der Waals surface area contributed by atoms with Gasteiger partial charge in [-0.1, -0.05) is 74.4 Å². The molecule has 0 aromatic carbocycles. The van der Waals surface area contributed by atoms with Gasteiger partial charge in [-0.3, -0.25) is 9.59 Å². The minimum Gasteiger partial charge on any atom is -0.511 e. The molecule has 7 rings (SSSR count). The van der Waals surface area contributed by atoms with Gasteiger partial charge in [0.15, 0.2) is 11.9 Å². The van der Waals surface area contributed by atoms with Crippen LogP contribution in [-0.2, 0) is 28.6 Å². The SMILES string of the molecule is CCC1CC23OC(=O)/C(=C(\O)C4(CC)C(C=CC5C(O[C@H]6C[C@@H](O)[C@H](NC(=O)c7[nH]ccc7Cl)[C@@H](C)O6)C(C)CCC54)C/C=C/C/C(C)=C/C2C=C1C(=O)O)C3=O. The first kappa shape index (κ1) is 41.2. The Hall–Kier alpha value is -3.97. The number of amides is 1. The van der Waals surface area contributed by atoms with Crippen LogP contribution in [0.15, 0.2) is 71.2 Å². The first-order valence-corrected chi connectivity index (χ1v) is 20.8. The van der Waals surface area contributed by atoms with Crippen LogP contribution in [0.4, 0.5) is 0 Å². The number of ether oxygens (including phenoxy) is 3. The molecule has 308 valence electrons. The number of carboxylic acid groups (broad SMARTS) is 1. The number of allylic oxidation sites excluding steroid dienone is 5. The van der Waals surface area contributed by atoms with Crippen LogP contribution in [0.3, 0.4) is 0 Å². The third kappa shape index (κ3) is 7.04. The molecule has 3 fully saturated rings. The van der Waals surface area contributed by atoms with Crippen LogP contribution in [0.25, 0.3) is 0 Å². The molecule has 5 N–H and O–H groups in total. The molecule has 57 heavy (non-hydrogen) atoms. The topological polar surface area (TPSA) is 184 Å². The summed E-state index contributed by atoms with van der Waals surface area (Å²) in [7, 11) is 0. The van der Waals surface area contributed by atoms with Crippen LogP contribution >= 0.6 is 11.6 Å². The number of aliphatic hydroxyl groups is 2. The molecule has 2 saturated heterocycles. The van der Waals surface area contributed by atoms with Gasteiger partial charge in [0.25, 0.3) is 5.91 Å². The number of nitrogens with one attached hydrogen (secondary N) is 2. The van der Waals surface area contributed by atoms with Crippen molar-refractivity contribution in [3.05, 3.63) is 81.9 Å². The van der Waals surface area contributed by atoms with Crippen molar-refractivity contribution < 1.29 is 48.7 Å². The number of hydrogen-bond acceptors (Lipinski definition) is 9. The summed E-state index contributed by atoms with van der Waals surface area (Å²) in [4.78, 5) is 57.2. The third-order valence-corrected chi connectivity index (χ3v) is 14.2. The number of fused-ring (bicyclic) bond motifs is 4. The number of aromatic amines is 1. The molecular weight excluding hydrogens is 752 g/mol. The number of aromatic nitrogens is 1. The van der Waals surface area contributed by atoms with Gasteiger partial charge in [0.05, 0.1) is 29.4 Å². The lowest BCUT2D eigenvalue weighted by Gasteiger charge is -2.55. The Morgan fingerprint density at radius 1 is 1.12 bits per heavy atom. The van der Waals surface area contributed by atoms with Gasteiger partial charge in [0, 0.05) is 41.9 Å². The Balaban J connectivity index is 1.22. The molecule has 1 aromatic heterocycles. The van der Waals surface area contributed by atoms with E-state index in [0.29, 0.717) is 32.1 Å². The number of carboxylic acids is 1. The molecule has 1 saturated carbocycles. The highest BCUT2D eigenvalue weighted by Gasteiger charge is 2.63. The van der Waals surface area contributed by atoms with Gasteiger partial charge in [-0.2, -0.15) is 0 Å². The second kappa shape index (κ2) is 16.0. The van der Waals surface area contributed by atoms with Crippen molar-refractivity contribution in [1.29, 1.82) is 0 Å². The van der Waals surface area contributed by atoms with Crippen molar-refractivity contribution in [3.8, 4) is 0 Å². The van der Waals surface area contributed by atoms with Crippen LogP contribution in [-0.4, -0.2) is 80.2 Å². The van der Waals surface area contributed by atoms with E-state index >= 15 is 0 Å². The fourth-order valence-corrected chi connectivity index (χ4v) is 11.1. The summed E-state index contributed by atoms with van der Waals surface area (Å²) in [5.74, 6) is -5.29. The summed E-state index contributed by atoms with van der Waals surface area (Å²) in [6, 6.07) is 0.865. The molecule has 1 amide bonds. The Morgan fingerprint density at radius 2 is 1.89 bits per heavy atom. The number of hydrogen-bond donors (Lipinski definition) is 5. The standard InChI is InChI=1S/C44H55ClN2O10/c1-6-25-21-44-27(19-29(25)41(52)53)18-22(3)10-8-9-11-26-13-14-28-30(43(26,7-2)38(49)34(39(44)50)42(54)57-44)15-12-23(4)37(28)56-33-20-32(48)35(24(5)55-33)47-40(51)36-31(45)16-17-46-36/h8-9,13-14,16-19,23-28,30,32-33,35,37,46,48-49H,6-7,10-12,15,20-21H2,1-5H3,(H,47,51)(H,52,53)/b9-8+,22-18+,38-34-/t23?,24-,25?,26?,27?,28?,30?,32-,33+,35-,37?,43?,44?/m1/s1. The van der Waals surface area contributed by atoms with E-state index in [9.17, 15) is 34.5 Å². The summed E-state index contributed by atoms with van der Waals surface area (Å²) >= 11 is 6.15. The molecule has 3 heterocycles. The fraction of sp³-hybridized carbons (Fsp3) is 0.591. The molecule has 6 aliphatic rings. The average Bonchev–Trinajstić information content (AvgIpc) is 3.71. The lowest BCUT2D eigenvalue weighted by molar-refractivity contribution is -0.258. The number of rotatable bonds is 7. The number of Topliss-reactive ketones (excluding diaryl/α,β-unsaturated/α-hetero) is 1. The molecule has 13 heteroatoms. The normalized spacial score (nSPS) is 42.1. The number of aliphatic carboxylic acids is 1. The van der Waals surface area contributed by atoms with E-state index in [-0.39, 0.29) is 64.1 Å². The third-order valence-electron chi connectivity index (χ3n) is 13.9. The molecule has 13 atom stereocenters. The highest BCUT2D eigenvalue weighted by Crippen LogP contribution is 2.60. The van der Waals surface area contributed by atoms with Crippen LogP contribution in [0, 0.1) is 40.9 Å². The largest absolute Gasteiger partial charge is 0.511 e. The van der Waals surface area contributed by atoms with Crippen LogP contribution < -0.4 is 5.32 Å². The number of H-pyrrole nitrogens is 1. The summed E-state index contributed by atoms with van der Waals surface area (Å²) in [5.41, 5.74) is -1.76. The maximum absolute atomic E-state index is 14.9. The number of carbonyl (C=O) groups excluding carboxylic acids is 3. The fourth-order valence-electron chi connectivity index (χ4n) is 10.9. The van der Waals surface area contributed by atoms with Gasteiger partial charge in [-0.15, -0.1) is 0 Å². The van der Waals surface area contributed by atoms with Gasteiger partial charge in [-0.25, -0.2) is 9.59 Å². The molecule has 12 nitrogen and oxygen atoms in total. The molecular formula is C44H55ClN2O10. The van der Waals surface area contributed by atoms with E-state index < -0.39 is 77.1 Å². The zero-order valence-corrected chi connectivity index (χ0v) is 34.0. The van der Waals surface area contributed by atoms with Crippen LogP contribution in [0.1, 0.15) is 96.5 Å².